The van der Waals surface area contributed by atoms with Gasteiger partial charge in [-0.05, 0) is 24.1 Å². The predicted molar refractivity (Wildman–Crippen MR) is 61.4 cm³/mol. The Balaban J connectivity index is 2.26. The van der Waals surface area contributed by atoms with Gasteiger partial charge in [-0.1, -0.05) is 6.07 Å². The smallest absolute Gasteiger partial charge is 0.174 e. The van der Waals surface area contributed by atoms with Gasteiger partial charge < -0.3 is 9.47 Å². The molecule has 17 heavy (non-hydrogen) atoms. The summed E-state index contributed by atoms with van der Waals surface area (Å²) in [5.41, 5.74) is 1.50. The van der Waals surface area contributed by atoms with Gasteiger partial charge in [-0.2, -0.15) is 0 Å². The number of fused-ring (bicyclic) bond motifs is 1. The first-order valence-corrected chi connectivity index (χ1v) is 5.40. The van der Waals surface area contributed by atoms with Gasteiger partial charge in [-0.15, -0.1) is 0 Å². The predicted octanol–water partition coefficient (Wildman–Crippen LogP) is 1.27. The average Bonchev–Trinajstić information content (AvgIpc) is 2.67. The number of benzene rings is 1. The van der Waals surface area contributed by atoms with Crippen molar-refractivity contribution in [2.24, 2.45) is 5.92 Å². The summed E-state index contributed by atoms with van der Waals surface area (Å²) in [6.45, 7) is -0.0124. The molecule has 4 nitrogen and oxygen atoms in total. The van der Waals surface area contributed by atoms with E-state index in [0.717, 1.165) is 5.56 Å². The van der Waals surface area contributed by atoms with Crippen molar-refractivity contribution in [2.75, 3.05) is 20.8 Å². The van der Waals surface area contributed by atoms with Crippen molar-refractivity contribution < 1.29 is 19.1 Å². The SMILES string of the molecule is COCC(=O)C1Cc2ccc(OC)cc2C1=O. The van der Waals surface area contributed by atoms with Gasteiger partial charge in [0.25, 0.3) is 0 Å². The fourth-order valence-corrected chi connectivity index (χ4v) is 2.09. The molecule has 2 rings (SSSR count). The molecule has 0 N–H and O–H groups in total. The molecule has 0 heterocycles. The van der Waals surface area contributed by atoms with Crippen LogP contribution in [0.3, 0.4) is 0 Å². The second-order valence-electron chi connectivity index (χ2n) is 4.04. The summed E-state index contributed by atoms with van der Waals surface area (Å²) in [6.07, 6.45) is 0.473. The minimum Gasteiger partial charge on any atom is -0.497 e. The van der Waals surface area contributed by atoms with E-state index in [9.17, 15) is 9.59 Å². The maximum Gasteiger partial charge on any atom is 0.174 e. The molecule has 0 saturated heterocycles. The van der Waals surface area contributed by atoms with Gasteiger partial charge in [0.15, 0.2) is 11.6 Å². The molecule has 0 aliphatic heterocycles. The summed E-state index contributed by atoms with van der Waals surface area (Å²) in [6, 6.07) is 5.33. The topological polar surface area (TPSA) is 52.6 Å². The van der Waals surface area contributed by atoms with Gasteiger partial charge in [0, 0.05) is 12.7 Å². The van der Waals surface area contributed by atoms with Crippen LogP contribution in [0.2, 0.25) is 0 Å². The number of Topliss-reactive ketones (excluding diaryl/α,β-unsaturated/α-hetero) is 2. The lowest BCUT2D eigenvalue weighted by Gasteiger charge is -2.04. The summed E-state index contributed by atoms with van der Waals surface area (Å²) in [4.78, 5) is 23.8. The third-order valence-electron chi connectivity index (χ3n) is 3.00. The van der Waals surface area contributed by atoms with Crippen molar-refractivity contribution in [2.45, 2.75) is 6.42 Å². The number of hydrogen-bond acceptors (Lipinski definition) is 4. The fraction of sp³-hybridized carbons (Fsp3) is 0.385. The average molecular weight is 234 g/mol. The second kappa shape index (κ2) is 4.67. The first kappa shape index (κ1) is 11.8. The van der Waals surface area contributed by atoms with Crippen LogP contribution < -0.4 is 4.74 Å². The third-order valence-corrected chi connectivity index (χ3v) is 3.00. The number of carbonyl (C=O) groups is 2. The van der Waals surface area contributed by atoms with Gasteiger partial charge >= 0.3 is 0 Å². The third kappa shape index (κ3) is 2.08. The molecule has 90 valence electrons. The molecule has 0 spiro atoms. The molecule has 1 aromatic carbocycles. The summed E-state index contributed by atoms with van der Waals surface area (Å²) >= 11 is 0. The standard InChI is InChI=1S/C13H14O4/c1-16-7-12(14)11-5-8-3-4-9(17-2)6-10(8)13(11)15/h3-4,6,11H,5,7H2,1-2H3. The minimum absolute atomic E-state index is 0.0124. The van der Waals surface area contributed by atoms with Crippen LogP contribution >= 0.6 is 0 Å². The fourth-order valence-electron chi connectivity index (χ4n) is 2.09. The molecule has 1 aliphatic rings. The van der Waals surface area contributed by atoms with Crippen molar-refractivity contribution in [3.05, 3.63) is 29.3 Å². The van der Waals surface area contributed by atoms with Crippen molar-refractivity contribution in [3.63, 3.8) is 0 Å². The Kier molecular flexibility index (Phi) is 3.24. The summed E-state index contributed by atoms with van der Waals surface area (Å²) in [5, 5.41) is 0. The molecule has 0 radical (unpaired) electrons. The first-order valence-electron chi connectivity index (χ1n) is 5.40. The molecule has 0 fully saturated rings. The molecule has 4 heteroatoms. The Morgan fingerprint density at radius 2 is 2.18 bits per heavy atom. The zero-order valence-corrected chi connectivity index (χ0v) is 9.86. The van der Waals surface area contributed by atoms with E-state index in [-0.39, 0.29) is 18.2 Å². The van der Waals surface area contributed by atoms with E-state index in [2.05, 4.69) is 0 Å². The summed E-state index contributed by atoms with van der Waals surface area (Å²) in [5.74, 6) is -0.234. The Morgan fingerprint density at radius 3 is 2.82 bits per heavy atom. The number of rotatable bonds is 4. The number of hydrogen-bond donors (Lipinski definition) is 0. The highest BCUT2D eigenvalue weighted by atomic mass is 16.5. The molecule has 0 aromatic heterocycles. The molecule has 0 saturated carbocycles. The quantitative estimate of drug-likeness (QED) is 0.736. The van der Waals surface area contributed by atoms with Crippen LogP contribution in [0.5, 0.6) is 5.75 Å². The Morgan fingerprint density at radius 1 is 1.41 bits per heavy atom. The minimum atomic E-state index is -0.586. The summed E-state index contributed by atoms with van der Waals surface area (Å²) < 4.78 is 9.85. The molecule has 1 aromatic rings. The highest BCUT2D eigenvalue weighted by Gasteiger charge is 2.35. The van der Waals surface area contributed by atoms with Crippen LogP contribution in [-0.2, 0) is 16.0 Å². The van der Waals surface area contributed by atoms with Gasteiger partial charge in [-0.25, -0.2) is 0 Å². The van der Waals surface area contributed by atoms with Crippen LogP contribution in [0.15, 0.2) is 18.2 Å². The molecular weight excluding hydrogens is 220 g/mol. The zero-order valence-electron chi connectivity index (χ0n) is 9.86. The number of carbonyl (C=O) groups excluding carboxylic acids is 2. The number of ketones is 2. The van der Waals surface area contributed by atoms with Gasteiger partial charge in [0.2, 0.25) is 0 Å². The summed E-state index contributed by atoms with van der Waals surface area (Å²) in [7, 11) is 3.00. The van der Waals surface area contributed by atoms with Gasteiger partial charge in [0.1, 0.15) is 12.4 Å². The monoisotopic (exact) mass is 234 g/mol. The van der Waals surface area contributed by atoms with E-state index >= 15 is 0 Å². The zero-order chi connectivity index (χ0) is 12.4. The highest BCUT2D eigenvalue weighted by Crippen LogP contribution is 2.30. The van der Waals surface area contributed by atoms with E-state index < -0.39 is 5.92 Å². The van der Waals surface area contributed by atoms with Crippen LogP contribution in [0.4, 0.5) is 0 Å². The van der Waals surface area contributed by atoms with E-state index in [0.29, 0.717) is 17.7 Å². The molecule has 1 atom stereocenters. The van der Waals surface area contributed by atoms with Crippen molar-refractivity contribution in [3.8, 4) is 5.75 Å². The van der Waals surface area contributed by atoms with E-state index in [1.807, 2.05) is 6.07 Å². The van der Waals surface area contributed by atoms with Crippen LogP contribution in [-0.4, -0.2) is 32.4 Å². The lowest BCUT2D eigenvalue weighted by molar-refractivity contribution is -0.124. The normalized spacial score (nSPS) is 18.0. The largest absolute Gasteiger partial charge is 0.497 e. The molecule has 1 aliphatic carbocycles. The second-order valence-corrected chi connectivity index (χ2v) is 4.04. The molecule has 0 amide bonds. The van der Waals surface area contributed by atoms with Crippen LogP contribution in [0, 0.1) is 5.92 Å². The van der Waals surface area contributed by atoms with E-state index in [4.69, 9.17) is 9.47 Å². The van der Waals surface area contributed by atoms with Crippen molar-refractivity contribution >= 4 is 11.6 Å². The maximum atomic E-state index is 12.0. The Bertz CT molecular complexity index is 464. The van der Waals surface area contributed by atoms with Gasteiger partial charge in [-0.3, -0.25) is 9.59 Å². The number of methoxy groups -OCH3 is 2. The van der Waals surface area contributed by atoms with Crippen molar-refractivity contribution in [1.82, 2.24) is 0 Å². The highest BCUT2D eigenvalue weighted by molar-refractivity contribution is 6.14. The number of ether oxygens (including phenoxy) is 2. The van der Waals surface area contributed by atoms with E-state index in [1.54, 1.807) is 19.2 Å². The van der Waals surface area contributed by atoms with E-state index in [1.165, 1.54) is 7.11 Å². The van der Waals surface area contributed by atoms with Crippen LogP contribution in [0.1, 0.15) is 15.9 Å². The Labute approximate surface area is 99.5 Å². The van der Waals surface area contributed by atoms with Crippen LogP contribution in [0.25, 0.3) is 0 Å². The first-order chi connectivity index (χ1) is 8.17. The molecule has 1 unspecified atom stereocenters. The molecular formula is C13H14O4. The Hall–Kier alpha value is -1.68. The lowest BCUT2D eigenvalue weighted by atomic mass is 10.0. The maximum absolute atomic E-state index is 12.0. The van der Waals surface area contributed by atoms with Crippen molar-refractivity contribution in [1.29, 1.82) is 0 Å². The molecule has 0 bridgehead atoms. The van der Waals surface area contributed by atoms with Gasteiger partial charge in [0.05, 0.1) is 13.0 Å². The lowest BCUT2D eigenvalue weighted by Crippen LogP contribution is -2.24.